The molecule has 0 bridgehead atoms. The molecule has 0 aromatic carbocycles. The van der Waals surface area contributed by atoms with Crippen LogP contribution in [0.4, 0.5) is 0 Å². The van der Waals surface area contributed by atoms with E-state index in [1.54, 1.807) is 0 Å². The number of halogens is 1. The van der Waals surface area contributed by atoms with E-state index in [1.807, 2.05) is 0 Å². The summed E-state index contributed by atoms with van der Waals surface area (Å²) in [5.41, 5.74) is 0. The number of unbranched alkanes of at least 4 members (excludes halogenated alkanes) is 4. The molecule has 0 fully saturated rings. The zero-order chi connectivity index (χ0) is 15.2. The van der Waals surface area contributed by atoms with Crippen LogP contribution in [0.1, 0.15) is 58.8 Å². The van der Waals surface area contributed by atoms with Crippen LogP contribution >= 0.6 is 11.8 Å². The molecule has 0 aliphatic carbocycles. The van der Waals surface area contributed by atoms with Crippen LogP contribution in [0.3, 0.4) is 0 Å². The molecule has 118 valence electrons. The zero-order valence-corrected chi connectivity index (χ0v) is 13.2. The Labute approximate surface area is 126 Å². The van der Waals surface area contributed by atoms with Gasteiger partial charge in [0.25, 0.3) is 0 Å². The van der Waals surface area contributed by atoms with E-state index in [-0.39, 0.29) is 6.42 Å². The molecule has 5 nitrogen and oxygen atoms in total. The van der Waals surface area contributed by atoms with Crippen LogP contribution in [-0.4, -0.2) is 31.2 Å². The van der Waals surface area contributed by atoms with Crippen molar-refractivity contribution in [3.8, 4) is 0 Å². The highest BCUT2D eigenvalue weighted by atomic mass is 35.5. The van der Waals surface area contributed by atoms with Gasteiger partial charge < -0.3 is 9.47 Å². The fraction of sp³-hybridized carbons (Fsp3) is 0.857. The maximum atomic E-state index is 11.7. The molecule has 0 unspecified atom stereocenters. The second-order valence-corrected chi connectivity index (χ2v) is 4.89. The molecule has 0 heterocycles. The Hall–Kier alpha value is -0.810. The summed E-state index contributed by atoms with van der Waals surface area (Å²) in [6.07, 6.45) is 5.69. The van der Waals surface area contributed by atoms with E-state index >= 15 is 0 Å². The lowest BCUT2D eigenvalue weighted by atomic mass is 10.2. The molecule has 0 aromatic heterocycles. The van der Waals surface area contributed by atoms with Gasteiger partial charge in [-0.3, -0.25) is 9.59 Å². The van der Waals surface area contributed by atoms with Crippen molar-refractivity contribution in [2.45, 2.75) is 64.8 Å². The van der Waals surface area contributed by atoms with Crippen LogP contribution in [0.2, 0.25) is 0 Å². The Bertz CT molecular complexity index is 274. The van der Waals surface area contributed by atoms with Crippen LogP contribution in [0.15, 0.2) is 0 Å². The quantitative estimate of drug-likeness (QED) is 0.341. The van der Waals surface area contributed by atoms with Gasteiger partial charge in [-0.2, -0.15) is 0 Å². The zero-order valence-electron chi connectivity index (χ0n) is 12.5. The lowest BCUT2D eigenvalue weighted by molar-refractivity contribution is -0.152. The monoisotopic (exact) mass is 307 g/mol. The fourth-order valence-electron chi connectivity index (χ4n) is 1.56. The first kappa shape index (κ1) is 19.2. The van der Waals surface area contributed by atoms with Crippen molar-refractivity contribution < 1.29 is 19.1 Å². The van der Waals surface area contributed by atoms with Gasteiger partial charge in [0, 0.05) is 0 Å². The summed E-state index contributed by atoms with van der Waals surface area (Å²) in [6, 6.07) is -0.850. The van der Waals surface area contributed by atoms with Gasteiger partial charge in [-0.1, -0.05) is 39.5 Å². The second kappa shape index (κ2) is 13.2. The minimum atomic E-state index is -0.850. The molecule has 1 atom stereocenters. The molecule has 0 radical (unpaired) electrons. The van der Waals surface area contributed by atoms with E-state index in [0.29, 0.717) is 13.2 Å². The summed E-state index contributed by atoms with van der Waals surface area (Å²) < 4.78 is 10.1. The van der Waals surface area contributed by atoms with Crippen molar-refractivity contribution in [2.75, 3.05) is 13.2 Å². The normalized spacial score (nSPS) is 11.9. The summed E-state index contributed by atoms with van der Waals surface area (Å²) in [7, 11) is 0. The Morgan fingerprint density at radius 1 is 1.00 bits per heavy atom. The second-order valence-electron chi connectivity index (χ2n) is 4.67. The number of hydrogen-bond donors (Lipinski definition) is 1. The van der Waals surface area contributed by atoms with Crippen molar-refractivity contribution in [1.29, 1.82) is 0 Å². The molecule has 6 heteroatoms. The topological polar surface area (TPSA) is 64.6 Å². The van der Waals surface area contributed by atoms with E-state index in [2.05, 4.69) is 18.7 Å². The van der Waals surface area contributed by atoms with Crippen molar-refractivity contribution in [1.82, 2.24) is 4.84 Å². The van der Waals surface area contributed by atoms with Crippen molar-refractivity contribution in [3.05, 3.63) is 0 Å². The smallest absolute Gasteiger partial charge is 0.324 e. The van der Waals surface area contributed by atoms with E-state index in [9.17, 15) is 9.59 Å². The Morgan fingerprint density at radius 3 is 2.05 bits per heavy atom. The number of carbonyl (C=O) groups is 2. The number of hydrogen-bond acceptors (Lipinski definition) is 5. The third-order valence-electron chi connectivity index (χ3n) is 2.79. The lowest BCUT2D eigenvalue weighted by Gasteiger charge is -2.13. The van der Waals surface area contributed by atoms with Crippen molar-refractivity contribution in [3.63, 3.8) is 0 Å². The number of nitrogens with one attached hydrogen (secondary N) is 1. The summed E-state index contributed by atoms with van der Waals surface area (Å²) in [6.45, 7) is 4.88. The van der Waals surface area contributed by atoms with Gasteiger partial charge in [-0.25, -0.2) is 4.84 Å². The van der Waals surface area contributed by atoms with Gasteiger partial charge in [0.15, 0.2) is 0 Å². The predicted molar refractivity (Wildman–Crippen MR) is 78.4 cm³/mol. The van der Waals surface area contributed by atoms with Gasteiger partial charge >= 0.3 is 11.9 Å². The molecule has 1 N–H and O–H groups in total. The Morgan fingerprint density at radius 2 is 1.55 bits per heavy atom. The molecular weight excluding hydrogens is 282 g/mol. The highest BCUT2D eigenvalue weighted by Gasteiger charge is 2.23. The van der Waals surface area contributed by atoms with E-state index < -0.39 is 18.0 Å². The van der Waals surface area contributed by atoms with Crippen LogP contribution in [0, 0.1) is 0 Å². The molecular formula is C14H26ClNO4. The molecule has 0 aliphatic rings. The average Bonchev–Trinajstić information content (AvgIpc) is 2.45. The molecule has 0 saturated heterocycles. The highest BCUT2D eigenvalue weighted by Crippen LogP contribution is 2.03. The first-order valence-electron chi connectivity index (χ1n) is 7.34. The molecule has 0 rings (SSSR count). The minimum absolute atomic E-state index is 0.109. The SMILES string of the molecule is CCCCCOC(=O)C[C@H](NCl)C(=O)OCCCCC. The summed E-state index contributed by atoms with van der Waals surface area (Å²) in [5.74, 6) is -0.952. The van der Waals surface area contributed by atoms with E-state index in [0.717, 1.165) is 38.5 Å². The molecule has 0 saturated carbocycles. The van der Waals surface area contributed by atoms with Crippen LogP contribution in [0.5, 0.6) is 0 Å². The largest absolute Gasteiger partial charge is 0.466 e. The minimum Gasteiger partial charge on any atom is -0.466 e. The first-order chi connectivity index (χ1) is 9.65. The van der Waals surface area contributed by atoms with Crippen LogP contribution in [0.25, 0.3) is 0 Å². The maximum Gasteiger partial charge on any atom is 0.324 e. The average molecular weight is 308 g/mol. The van der Waals surface area contributed by atoms with Gasteiger partial charge in [0.2, 0.25) is 0 Å². The third-order valence-corrected chi connectivity index (χ3v) is 3.05. The standard InChI is InChI=1S/C14H26ClNO4/c1-3-5-7-9-19-13(17)11-12(16-15)14(18)20-10-8-6-4-2/h12,16H,3-11H2,1-2H3/t12-/m0/s1. The fourth-order valence-corrected chi connectivity index (χ4v) is 1.72. The molecule has 0 amide bonds. The Balaban J connectivity index is 3.87. The van der Waals surface area contributed by atoms with Gasteiger partial charge in [-0.05, 0) is 24.6 Å². The predicted octanol–water partition coefficient (Wildman–Crippen LogP) is 2.96. The van der Waals surface area contributed by atoms with Gasteiger partial charge in [0.1, 0.15) is 6.04 Å². The third kappa shape index (κ3) is 10.0. The molecule has 0 spiro atoms. The number of rotatable bonds is 12. The summed E-state index contributed by atoms with van der Waals surface area (Å²) in [4.78, 5) is 25.5. The highest BCUT2D eigenvalue weighted by molar-refractivity contribution is 6.15. The molecule has 20 heavy (non-hydrogen) atoms. The van der Waals surface area contributed by atoms with E-state index in [4.69, 9.17) is 21.3 Å². The van der Waals surface area contributed by atoms with Crippen molar-refractivity contribution >= 4 is 23.7 Å². The summed E-state index contributed by atoms with van der Waals surface area (Å²) >= 11 is 5.47. The van der Waals surface area contributed by atoms with Gasteiger partial charge in [-0.15, -0.1) is 0 Å². The number of esters is 2. The first-order valence-corrected chi connectivity index (χ1v) is 7.71. The van der Waals surface area contributed by atoms with Crippen molar-refractivity contribution in [2.24, 2.45) is 0 Å². The van der Waals surface area contributed by atoms with E-state index in [1.165, 1.54) is 0 Å². The summed E-state index contributed by atoms with van der Waals surface area (Å²) in [5, 5.41) is 0. The number of ether oxygens (including phenoxy) is 2. The Kier molecular flexibility index (Phi) is 12.7. The molecule has 0 aliphatic heterocycles. The van der Waals surface area contributed by atoms with Crippen LogP contribution in [-0.2, 0) is 19.1 Å². The molecule has 0 aromatic rings. The maximum absolute atomic E-state index is 11.7. The number of carbonyl (C=O) groups excluding carboxylic acids is 2. The van der Waals surface area contributed by atoms with Gasteiger partial charge in [0.05, 0.1) is 19.6 Å². The lowest BCUT2D eigenvalue weighted by Crippen LogP contribution is -2.35. The van der Waals surface area contributed by atoms with Crippen LogP contribution < -0.4 is 4.84 Å².